The van der Waals surface area contributed by atoms with Gasteiger partial charge in [-0.1, -0.05) is 6.07 Å². The Balaban J connectivity index is 1.73. The van der Waals surface area contributed by atoms with Crippen LogP contribution >= 0.6 is 0 Å². The molecule has 1 heterocycles. The minimum atomic E-state index is -0.344. The number of aryl methyl sites for hydroxylation is 1. The highest BCUT2D eigenvalue weighted by atomic mass is 16.5. The minimum Gasteiger partial charge on any atom is -0.497 e. The van der Waals surface area contributed by atoms with E-state index in [1.807, 2.05) is 50.2 Å². The number of amides is 2. The summed E-state index contributed by atoms with van der Waals surface area (Å²) in [4.78, 5) is 12.5. The fourth-order valence-corrected chi connectivity index (χ4v) is 2.83. The van der Waals surface area contributed by atoms with Crippen molar-refractivity contribution in [2.24, 2.45) is 0 Å². The molecule has 28 heavy (non-hydrogen) atoms. The molecule has 0 saturated heterocycles. The maximum Gasteiger partial charge on any atom is 0.319 e. The smallest absolute Gasteiger partial charge is 0.319 e. The quantitative estimate of drug-likeness (QED) is 0.679. The summed E-state index contributed by atoms with van der Waals surface area (Å²) in [6, 6.07) is 10.3. The number of benzene rings is 2. The number of carbonyl (C=O) groups is 1. The second-order valence-electron chi connectivity index (χ2n) is 6.18. The SMILES string of the molecule is COc1ccc(OC)c(C(C)NC(=O)Nc2ccc(C)c(-n3cnnn3)c2)c1. The van der Waals surface area contributed by atoms with Gasteiger partial charge in [0.2, 0.25) is 0 Å². The third-order valence-corrected chi connectivity index (χ3v) is 4.31. The fraction of sp³-hybridized carbons (Fsp3) is 0.263. The van der Waals surface area contributed by atoms with Crippen molar-refractivity contribution in [3.05, 3.63) is 53.9 Å². The lowest BCUT2D eigenvalue weighted by atomic mass is 10.1. The van der Waals surface area contributed by atoms with Gasteiger partial charge in [-0.2, -0.15) is 0 Å². The number of nitrogens with zero attached hydrogens (tertiary/aromatic N) is 4. The molecule has 9 heteroatoms. The fourth-order valence-electron chi connectivity index (χ4n) is 2.83. The van der Waals surface area contributed by atoms with E-state index >= 15 is 0 Å². The van der Waals surface area contributed by atoms with Crippen LogP contribution in [0.4, 0.5) is 10.5 Å². The summed E-state index contributed by atoms with van der Waals surface area (Å²) in [7, 11) is 3.18. The van der Waals surface area contributed by atoms with Crippen molar-refractivity contribution in [3.8, 4) is 17.2 Å². The van der Waals surface area contributed by atoms with Crippen LogP contribution in [0.25, 0.3) is 5.69 Å². The standard InChI is InChI=1S/C19H22N6O3/c1-12-5-6-14(9-17(12)25-11-20-23-24-25)22-19(26)21-13(2)16-10-15(27-3)7-8-18(16)28-4/h5-11,13H,1-4H3,(H2,21,22,26). The number of methoxy groups -OCH3 is 2. The number of rotatable bonds is 6. The lowest BCUT2D eigenvalue weighted by Gasteiger charge is -2.19. The van der Waals surface area contributed by atoms with E-state index in [0.29, 0.717) is 17.2 Å². The first kappa shape index (κ1) is 19.2. The lowest BCUT2D eigenvalue weighted by Crippen LogP contribution is -2.31. The highest BCUT2D eigenvalue weighted by Crippen LogP contribution is 2.29. The van der Waals surface area contributed by atoms with Gasteiger partial charge in [0.05, 0.1) is 25.9 Å². The molecule has 0 radical (unpaired) electrons. The number of aromatic nitrogens is 4. The normalized spacial score (nSPS) is 11.6. The van der Waals surface area contributed by atoms with E-state index in [1.165, 1.54) is 6.33 Å². The van der Waals surface area contributed by atoms with Gasteiger partial charge in [0.25, 0.3) is 0 Å². The highest BCUT2D eigenvalue weighted by molar-refractivity contribution is 5.90. The number of hydrogen-bond acceptors (Lipinski definition) is 6. The van der Waals surface area contributed by atoms with Gasteiger partial charge in [-0.05, 0) is 60.2 Å². The van der Waals surface area contributed by atoms with Crippen LogP contribution in [0.3, 0.4) is 0 Å². The van der Waals surface area contributed by atoms with Crippen LogP contribution in [0.1, 0.15) is 24.1 Å². The molecule has 2 N–H and O–H groups in total. The lowest BCUT2D eigenvalue weighted by molar-refractivity contribution is 0.249. The van der Waals surface area contributed by atoms with Gasteiger partial charge in [-0.3, -0.25) is 0 Å². The van der Waals surface area contributed by atoms with Crippen LogP contribution in [0.5, 0.6) is 11.5 Å². The third-order valence-electron chi connectivity index (χ3n) is 4.31. The van der Waals surface area contributed by atoms with E-state index in [0.717, 1.165) is 16.8 Å². The first-order chi connectivity index (χ1) is 13.5. The summed E-state index contributed by atoms with van der Waals surface area (Å²) in [5.74, 6) is 1.36. The molecule has 0 aliphatic rings. The van der Waals surface area contributed by atoms with E-state index in [4.69, 9.17) is 9.47 Å². The van der Waals surface area contributed by atoms with Gasteiger partial charge in [0, 0.05) is 11.3 Å². The predicted octanol–water partition coefficient (Wildman–Crippen LogP) is 2.87. The van der Waals surface area contributed by atoms with E-state index in [1.54, 1.807) is 18.9 Å². The first-order valence-electron chi connectivity index (χ1n) is 8.65. The van der Waals surface area contributed by atoms with Crippen molar-refractivity contribution < 1.29 is 14.3 Å². The Labute approximate surface area is 162 Å². The number of nitrogens with one attached hydrogen (secondary N) is 2. The summed E-state index contributed by atoms with van der Waals surface area (Å²) in [6.45, 7) is 3.82. The summed E-state index contributed by atoms with van der Waals surface area (Å²) < 4.78 is 12.2. The van der Waals surface area contributed by atoms with Crippen molar-refractivity contribution in [1.82, 2.24) is 25.5 Å². The van der Waals surface area contributed by atoms with Gasteiger partial charge in [0.15, 0.2) is 0 Å². The Morgan fingerprint density at radius 1 is 1.14 bits per heavy atom. The molecule has 1 atom stereocenters. The van der Waals surface area contributed by atoms with E-state index in [-0.39, 0.29) is 12.1 Å². The zero-order valence-corrected chi connectivity index (χ0v) is 16.1. The predicted molar refractivity (Wildman–Crippen MR) is 104 cm³/mol. The molecule has 0 aliphatic carbocycles. The van der Waals surface area contributed by atoms with Crippen molar-refractivity contribution in [3.63, 3.8) is 0 Å². The molecule has 0 bridgehead atoms. The number of anilines is 1. The largest absolute Gasteiger partial charge is 0.497 e. The molecule has 3 aromatic rings. The number of ether oxygens (including phenoxy) is 2. The Morgan fingerprint density at radius 3 is 2.64 bits per heavy atom. The zero-order chi connectivity index (χ0) is 20.1. The van der Waals surface area contributed by atoms with Crippen molar-refractivity contribution in [2.45, 2.75) is 19.9 Å². The average Bonchev–Trinajstić information content (AvgIpc) is 3.23. The van der Waals surface area contributed by atoms with Crippen molar-refractivity contribution >= 4 is 11.7 Å². The maximum absolute atomic E-state index is 12.5. The molecule has 0 aliphatic heterocycles. The molecule has 1 aromatic heterocycles. The van der Waals surface area contributed by atoms with E-state index in [9.17, 15) is 4.79 Å². The molecular formula is C19H22N6O3. The second-order valence-corrected chi connectivity index (χ2v) is 6.18. The second kappa shape index (κ2) is 8.38. The van der Waals surface area contributed by atoms with Crippen LogP contribution in [0, 0.1) is 6.92 Å². The van der Waals surface area contributed by atoms with Gasteiger partial charge in [0.1, 0.15) is 17.8 Å². The van der Waals surface area contributed by atoms with E-state index in [2.05, 4.69) is 26.2 Å². The summed E-state index contributed by atoms with van der Waals surface area (Å²) in [5, 5.41) is 16.9. The number of carbonyl (C=O) groups excluding carboxylic acids is 1. The zero-order valence-electron chi connectivity index (χ0n) is 16.1. The Hall–Kier alpha value is -3.62. The molecule has 9 nitrogen and oxygen atoms in total. The van der Waals surface area contributed by atoms with E-state index < -0.39 is 0 Å². The van der Waals surface area contributed by atoms with Crippen LogP contribution in [0.15, 0.2) is 42.7 Å². The minimum absolute atomic E-state index is 0.297. The van der Waals surface area contributed by atoms with Gasteiger partial charge < -0.3 is 20.1 Å². The average molecular weight is 382 g/mol. The molecule has 2 amide bonds. The van der Waals surface area contributed by atoms with Gasteiger partial charge in [-0.15, -0.1) is 5.10 Å². The molecule has 1 unspecified atom stereocenters. The molecule has 0 fully saturated rings. The molecule has 146 valence electrons. The number of tetrazole rings is 1. The van der Waals surface area contributed by atoms with Gasteiger partial charge in [-0.25, -0.2) is 9.48 Å². The van der Waals surface area contributed by atoms with Crippen molar-refractivity contribution in [1.29, 1.82) is 0 Å². The molecular weight excluding hydrogens is 360 g/mol. The summed E-state index contributed by atoms with van der Waals surface area (Å²) in [5.41, 5.74) is 3.20. The Morgan fingerprint density at radius 2 is 1.96 bits per heavy atom. The maximum atomic E-state index is 12.5. The molecule has 0 saturated carbocycles. The Bertz CT molecular complexity index is 958. The monoisotopic (exact) mass is 382 g/mol. The summed E-state index contributed by atoms with van der Waals surface area (Å²) in [6.07, 6.45) is 1.50. The molecule has 3 rings (SSSR count). The highest BCUT2D eigenvalue weighted by Gasteiger charge is 2.16. The van der Waals surface area contributed by atoms with Gasteiger partial charge >= 0.3 is 6.03 Å². The number of hydrogen-bond donors (Lipinski definition) is 2. The van der Waals surface area contributed by atoms with Crippen LogP contribution < -0.4 is 20.1 Å². The van der Waals surface area contributed by atoms with Crippen molar-refractivity contribution in [2.75, 3.05) is 19.5 Å². The molecule has 0 spiro atoms. The third kappa shape index (κ3) is 4.20. The van der Waals surface area contributed by atoms with Crippen LogP contribution in [-0.4, -0.2) is 40.5 Å². The Kier molecular flexibility index (Phi) is 5.73. The number of urea groups is 1. The topological polar surface area (TPSA) is 103 Å². The van der Waals surface area contributed by atoms with Crippen LogP contribution in [0.2, 0.25) is 0 Å². The first-order valence-corrected chi connectivity index (χ1v) is 8.65. The molecule has 2 aromatic carbocycles. The summed E-state index contributed by atoms with van der Waals surface area (Å²) >= 11 is 0. The van der Waals surface area contributed by atoms with Crippen LogP contribution in [-0.2, 0) is 0 Å².